The minimum absolute atomic E-state index is 0.0113. The predicted molar refractivity (Wildman–Crippen MR) is 204 cm³/mol. The third-order valence-corrected chi connectivity index (χ3v) is 9.91. The zero-order valence-electron chi connectivity index (χ0n) is 27.3. The van der Waals surface area contributed by atoms with E-state index in [9.17, 15) is 9.90 Å². The van der Waals surface area contributed by atoms with Crippen molar-refractivity contribution in [1.29, 1.82) is 0 Å². The van der Waals surface area contributed by atoms with E-state index in [1.54, 1.807) is 0 Å². The predicted octanol–water partition coefficient (Wildman–Crippen LogP) is 10.00. The Morgan fingerprint density at radius 2 is 0.922 bits per heavy atom. The molecule has 0 aliphatic carbocycles. The highest BCUT2D eigenvalue weighted by Gasteiger charge is 2.41. The summed E-state index contributed by atoms with van der Waals surface area (Å²) in [5.41, 5.74) is 2.55. The van der Waals surface area contributed by atoms with E-state index in [-0.39, 0.29) is 10.0 Å². The van der Waals surface area contributed by atoms with E-state index in [1.807, 2.05) is 146 Å². The molecule has 6 nitrogen and oxygen atoms in total. The molecule has 0 fully saturated rings. The highest BCUT2D eigenvalue weighted by molar-refractivity contribution is 7.20. The van der Waals surface area contributed by atoms with E-state index in [4.69, 9.17) is 21.4 Å². The number of nitrogens with one attached hydrogen (secondary N) is 1. The summed E-state index contributed by atoms with van der Waals surface area (Å²) < 4.78 is 0.148. The molecule has 0 bridgehead atoms. The number of hydrogen-bond donors (Lipinski definition) is 2. The zero-order valence-corrected chi connectivity index (χ0v) is 28.8. The summed E-state index contributed by atoms with van der Waals surface area (Å²) in [7, 11) is 0. The van der Waals surface area contributed by atoms with Gasteiger partial charge in [0.1, 0.15) is 15.6 Å². The number of thiazole rings is 1. The van der Waals surface area contributed by atoms with Crippen LogP contribution in [0, 0.1) is 0 Å². The van der Waals surface area contributed by atoms with Crippen molar-refractivity contribution in [2.75, 3.05) is 5.32 Å². The van der Waals surface area contributed by atoms with Gasteiger partial charge in [0, 0.05) is 16.7 Å². The van der Waals surface area contributed by atoms with Gasteiger partial charge in [0.15, 0.2) is 5.13 Å². The second kappa shape index (κ2) is 14.8. The average Bonchev–Trinajstić information content (AvgIpc) is 3.56. The summed E-state index contributed by atoms with van der Waals surface area (Å²) in [6.07, 6.45) is 0. The maximum absolute atomic E-state index is 13.0. The molecule has 0 unspecified atom stereocenters. The maximum Gasteiger partial charge on any atom is 0.360 e. The van der Waals surface area contributed by atoms with E-state index in [1.165, 1.54) is 0 Å². The van der Waals surface area contributed by atoms with Crippen LogP contribution < -0.4 is 5.32 Å². The molecule has 250 valence electrons. The molecule has 1 heterocycles. The Bertz CT molecular complexity index is 2040. The number of anilines is 1. The third kappa shape index (κ3) is 6.53. The fourth-order valence-corrected chi connectivity index (χ4v) is 7.52. The third-order valence-electron chi connectivity index (χ3n) is 8.74. The molecule has 0 radical (unpaired) electrons. The first kappa shape index (κ1) is 33.5. The van der Waals surface area contributed by atoms with Crippen LogP contribution >= 0.6 is 22.9 Å². The molecule has 0 amide bonds. The molecule has 8 heteroatoms. The molecule has 2 N–H and O–H groups in total. The minimum atomic E-state index is -1.34. The number of aromatic nitrogens is 1. The number of nitrogens with zero attached hydrogens (tertiary/aromatic N) is 2. The summed E-state index contributed by atoms with van der Waals surface area (Å²) in [5, 5.41) is 19.1. The molecule has 0 spiro atoms. The van der Waals surface area contributed by atoms with E-state index >= 15 is 0 Å². The molecule has 0 aliphatic rings. The van der Waals surface area contributed by atoms with E-state index in [0.717, 1.165) is 44.7 Å². The Morgan fingerprint density at radius 3 is 1.25 bits per heavy atom. The van der Waals surface area contributed by atoms with Crippen LogP contribution in [0.5, 0.6) is 0 Å². The Kier molecular flexibility index (Phi) is 9.74. The fraction of sp³-hybridized carbons (Fsp3) is 0.0465. The number of oxime groups is 1. The molecule has 0 aliphatic heterocycles. The van der Waals surface area contributed by atoms with Crippen LogP contribution in [-0.2, 0) is 20.8 Å². The summed E-state index contributed by atoms with van der Waals surface area (Å²) in [6, 6.07) is 59.0. The van der Waals surface area contributed by atoms with E-state index in [0.29, 0.717) is 5.13 Å². The number of carboxylic acid groups (broad SMARTS) is 1. The van der Waals surface area contributed by atoms with Crippen LogP contribution in [0.4, 0.5) is 5.13 Å². The minimum Gasteiger partial charge on any atom is -0.476 e. The second-order valence-electron chi connectivity index (χ2n) is 11.7. The normalized spacial score (nSPS) is 11.9. The smallest absolute Gasteiger partial charge is 0.360 e. The highest BCUT2D eigenvalue weighted by atomic mass is 35.5. The van der Waals surface area contributed by atoms with Gasteiger partial charge >= 0.3 is 5.97 Å². The number of benzene rings is 6. The number of rotatable bonds is 12. The van der Waals surface area contributed by atoms with Crippen molar-refractivity contribution in [3.05, 3.63) is 225 Å². The largest absolute Gasteiger partial charge is 0.476 e. The topological polar surface area (TPSA) is 83.8 Å². The molecule has 6 aromatic carbocycles. The molecule has 0 saturated carbocycles. The van der Waals surface area contributed by atoms with Crippen LogP contribution in [0.25, 0.3) is 0 Å². The molecule has 51 heavy (non-hydrogen) atoms. The van der Waals surface area contributed by atoms with Crippen molar-refractivity contribution < 1.29 is 14.7 Å². The van der Waals surface area contributed by atoms with Crippen LogP contribution in [0.1, 0.15) is 39.1 Å². The SMILES string of the molecule is O=C(O)/C(=N\OC(c1ccccc1)(c1ccccc1)c1ccccc1)c1nc(NC(c2ccccc2)(c2ccccc2)c2ccccc2)sc1Cl. The number of carboxylic acids is 1. The summed E-state index contributed by atoms with van der Waals surface area (Å²) in [6.45, 7) is 0. The Balaban J connectivity index is 1.37. The lowest BCUT2D eigenvalue weighted by atomic mass is 9.77. The van der Waals surface area contributed by atoms with Gasteiger partial charge in [-0.05, 0) is 16.7 Å². The average molecular weight is 706 g/mol. The summed E-state index contributed by atoms with van der Waals surface area (Å²) >= 11 is 8.00. The molecule has 1 aromatic heterocycles. The van der Waals surface area contributed by atoms with E-state index in [2.05, 4.69) is 46.9 Å². The second-order valence-corrected chi connectivity index (χ2v) is 13.3. The van der Waals surface area contributed by atoms with Crippen molar-refractivity contribution >= 4 is 39.8 Å². The number of carbonyl (C=O) groups is 1. The molecule has 7 aromatic rings. The van der Waals surface area contributed by atoms with Crippen LogP contribution in [0.3, 0.4) is 0 Å². The Labute approximate surface area is 305 Å². The lowest BCUT2D eigenvalue weighted by molar-refractivity contribution is -0.129. The van der Waals surface area contributed by atoms with Crippen molar-refractivity contribution in [2.45, 2.75) is 11.1 Å². The van der Waals surface area contributed by atoms with Crippen molar-refractivity contribution in [3.63, 3.8) is 0 Å². The van der Waals surface area contributed by atoms with Gasteiger partial charge in [-0.3, -0.25) is 0 Å². The molecular formula is C43H32ClN3O3S. The molecule has 7 rings (SSSR count). The number of hydrogen-bond acceptors (Lipinski definition) is 6. The highest BCUT2D eigenvalue weighted by Crippen LogP contribution is 2.43. The van der Waals surface area contributed by atoms with E-state index < -0.39 is 22.8 Å². The van der Waals surface area contributed by atoms with Gasteiger partial charge in [-0.1, -0.05) is 210 Å². The van der Waals surface area contributed by atoms with Crippen molar-refractivity contribution in [3.8, 4) is 0 Å². The van der Waals surface area contributed by atoms with Gasteiger partial charge in [-0.25, -0.2) is 9.78 Å². The standard InChI is InChI=1S/C43H32ClN3O3S/c44-39-37(45-41(51-39)46-42(31-19-7-1-8-20-31,32-21-9-2-10-22-32)33-23-11-3-12-24-33)38(40(48)49)47-50-43(34-25-13-4-14-26-34,35-27-15-5-16-28-35)36-29-17-6-18-30-36/h1-30H,(H,45,46)(H,48,49)/b47-38-. The lowest BCUT2D eigenvalue weighted by Crippen LogP contribution is -2.38. The first-order valence-corrected chi connectivity index (χ1v) is 17.5. The first-order chi connectivity index (χ1) is 25.0. The van der Waals surface area contributed by atoms with Crippen molar-refractivity contribution in [1.82, 2.24) is 4.98 Å². The maximum atomic E-state index is 13.0. The fourth-order valence-electron chi connectivity index (χ4n) is 6.42. The number of aliphatic carboxylic acids is 1. The Hall–Kier alpha value is -6.02. The lowest BCUT2D eigenvalue weighted by Gasteiger charge is -2.36. The van der Waals surface area contributed by atoms with Gasteiger partial charge in [0.25, 0.3) is 0 Å². The number of halogens is 1. The van der Waals surface area contributed by atoms with Gasteiger partial charge in [-0.2, -0.15) is 0 Å². The van der Waals surface area contributed by atoms with Gasteiger partial charge < -0.3 is 15.3 Å². The first-order valence-electron chi connectivity index (χ1n) is 16.3. The van der Waals surface area contributed by atoms with Crippen LogP contribution in [0.2, 0.25) is 4.34 Å². The molecular weight excluding hydrogens is 674 g/mol. The molecule has 0 atom stereocenters. The summed E-state index contributed by atoms with van der Waals surface area (Å²) in [5.74, 6) is -1.34. The monoisotopic (exact) mass is 705 g/mol. The Morgan fingerprint density at radius 1 is 0.588 bits per heavy atom. The van der Waals surface area contributed by atoms with Crippen molar-refractivity contribution in [2.24, 2.45) is 5.16 Å². The van der Waals surface area contributed by atoms with Gasteiger partial charge in [0.05, 0.1) is 0 Å². The summed E-state index contributed by atoms with van der Waals surface area (Å²) in [4.78, 5) is 24.3. The molecule has 0 saturated heterocycles. The van der Waals surface area contributed by atoms with Crippen LogP contribution in [0.15, 0.2) is 187 Å². The van der Waals surface area contributed by atoms with Gasteiger partial charge in [0.2, 0.25) is 11.3 Å². The zero-order chi connectivity index (χ0) is 35.1. The van der Waals surface area contributed by atoms with Crippen LogP contribution in [-0.4, -0.2) is 21.8 Å². The quantitative estimate of drug-likeness (QED) is 0.0751. The van der Waals surface area contributed by atoms with Gasteiger partial charge in [-0.15, -0.1) is 0 Å².